The van der Waals surface area contributed by atoms with Crippen molar-refractivity contribution in [3.8, 4) is 17.2 Å². The van der Waals surface area contributed by atoms with Crippen molar-refractivity contribution in [2.75, 3.05) is 24.5 Å². The fourth-order valence-electron chi connectivity index (χ4n) is 3.54. The zero-order valence-corrected chi connectivity index (χ0v) is 17.8. The van der Waals surface area contributed by atoms with Crippen molar-refractivity contribution < 1.29 is 19.0 Å². The van der Waals surface area contributed by atoms with Crippen LogP contribution in [0, 0.1) is 0 Å². The highest BCUT2D eigenvalue weighted by molar-refractivity contribution is 6.30. The first-order valence-electron chi connectivity index (χ1n) is 9.81. The summed E-state index contributed by atoms with van der Waals surface area (Å²) in [7, 11) is 1.58. The predicted octanol–water partition coefficient (Wildman–Crippen LogP) is 5.62. The van der Waals surface area contributed by atoms with E-state index in [2.05, 4.69) is 15.6 Å². The number of carbonyl (C=O) groups is 1. The molecule has 32 heavy (non-hydrogen) atoms. The monoisotopic (exact) mass is 447 g/mol. The molecule has 7 nitrogen and oxygen atoms in total. The Morgan fingerprint density at radius 1 is 1.03 bits per heavy atom. The number of anilines is 3. The molecule has 0 atom stereocenters. The molecule has 0 radical (unpaired) electrons. The van der Waals surface area contributed by atoms with Crippen LogP contribution < -0.4 is 24.8 Å². The van der Waals surface area contributed by atoms with Crippen LogP contribution in [0.3, 0.4) is 0 Å². The molecule has 2 N–H and O–H groups in total. The van der Waals surface area contributed by atoms with E-state index in [-0.39, 0.29) is 12.7 Å². The highest BCUT2D eigenvalue weighted by Gasteiger charge is 2.17. The molecule has 5 rings (SSSR count). The molecule has 0 spiro atoms. The largest absolute Gasteiger partial charge is 0.495 e. The minimum absolute atomic E-state index is 0.175. The van der Waals surface area contributed by atoms with E-state index in [9.17, 15) is 4.79 Å². The molecule has 1 aliphatic rings. The Kier molecular flexibility index (Phi) is 5.17. The van der Waals surface area contributed by atoms with Gasteiger partial charge in [0.25, 0.3) is 5.91 Å². The van der Waals surface area contributed by atoms with E-state index in [1.54, 1.807) is 43.6 Å². The summed E-state index contributed by atoms with van der Waals surface area (Å²) >= 11 is 6.06. The van der Waals surface area contributed by atoms with Crippen LogP contribution in [-0.2, 0) is 0 Å². The summed E-state index contributed by atoms with van der Waals surface area (Å²) in [5, 5.41) is 8.31. The number of carbonyl (C=O) groups excluding carboxylic acids is 1. The van der Waals surface area contributed by atoms with E-state index < -0.39 is 0 Å². The Morgan fingerprint density at radius 3 is 2.69 bits per heavy atom. The number of ether oxygens (including phenoxy) is 3. The maximum Gasteiger partial charge on any atom is 0.257 e. The van der Waals surface area contributed by atoms with Crippen molar-refractivity contribution >= 4 is 45.5 Å². The van der Waals surface area contributed by atoms with Gasteiger partial charge >= 0.3 is 0 Å². The number of amides is 1. The first-order valence-corrected chi connectivity index (χ1v) is 10.2. The summed E-state index contributed by atoms with van der Waals surface area (Å²) in [6.45, 7) is 0.175. The number of nitrogens with one attached hydrogen (secondary N) is 2. The molecule has 2 heterocycles. The number of halogens is 1. The summed E-state index contributed by atoms with van der Waals surface area (Å²) in [6.07, 6.45) is 1.55. The van der Waals surface area contributed by atoms with Crippen LogP contribution in [0.15, 0.2) is 66.9 Å². The number of hydrogen-bond donors (Lipinski definition) is 2. The van der Waals surface area contributed by atoms with Crippen molar-refractivity contribution in [1.29, 1.82) is 0 Å². The second-order valence-corrected chi connectivity index (χ2v) is 7.49. The molecule has 4 aromatic rings. The SMILES string of the molecule is COc1cc(Cl)ccc1Nc1ncc(C(=O)Nc2ccc3c(c2)OCO3)c2ccccc12. The van der Waals surface area contributed by atoms with Crippen LogP contribution in [0.2, 0.25) is 5.02 Å². The molecule has 0 saturated heterocycles. The van der Waals surface area contributed by atoms with Crippen molar-refractivity contribution in [2.24, 2.45) is 0 Å². The average Bonchev–Trinajstić information content (AvgIpc) is 3.28. The molecule has 1 aromatic heterocycles. The van der Waals surface area contributed by atoms with E-state index in [0.717, 1.165) is 10.8 Å². The van der Waals surface area contributed by atoms with E-state index in [1.165, 1.54) is 0 Å². The number of methoxy groups -OCH3 is 1. The fraction of sp³-hybridized carbons (Fsp3) is 0.0833. The lowest BCUT2D eigenvalue weighted by Gasteiger charge is -2.14. The Hall–Kier alpha value is -3.97. The summed E-state index contributed by atoms with van der Waals surface area (Å²) in [4.78, 5) is 17.6. The quantitative estimate of drug-likeness (QED) is 0.413. The molecule has 0 unspecified atom stereocenters. The second-order valence-electron chi connectivity index (χ2n) is 7.06. The van der Waals surface area contributed by atoms with E-state index >= 15 is 0 Å². The lowest BCUT2D eigenvalue weighted by molar-refractivity contribution is 0.102. The van der Waals surface area contributed by atoms with Crippen molar-refractivity contribution in [3.05, 3.63) is 77.4 Å². The average molecular weight is 448 g/mol. The van der Waals surface area contributed by atoms with Crippen LogP contribution >= 0.6 is 11.6 Å². The minimum Gasteiger partial charge on any atom is -0.495 e. The third kappa shape index (κ3) is 3.74. The topological polar surface area (TPSA) is 81.7 Å². The third-order valence-corrected chi connectivity index (χ3v) is 5.32. The van der Waals surface area contributed by atoms with Gasteiger partial charge in [0.2, 0.25) is 6.79 Å². The summed E-state index contributed by atoms with van der Waals surface area (Å²) in [5.41, 5.74) is 1.77. The normalized spacial score (nSPS) is 11.9. The molecule has 0 saturated carbocycles. The molecule has 0 fully saturated rings. The van der Waals surface area contributed by atoms with Gasteiger partial charge in [0.05, 0.1) is 18.4 Å². The number of aromatic nitrogens is 1. The number of fused-ring (bicyclic) bond motifs is 2. The summed E-state index contributed by atoms with van der Waals surface area (Å²) in [6, 6.07) is 18.1. The molecule has 1 aliphatic heterocycles. The molecule has 8 heteroatoms. The number of benzene rings is 3. The first-order chi connectivity index (χ1) is 15.6. The molecular weight excluding hydrogens is 430 g/mol. The zero-order valence-electron chi connectivity index (χ0n) is 17.0. The van der Waals surface area contributed by atoms with Gasteiger partial charge in [-0.05, 0) is 29.7 Å². The maximum absolute atomic E-state index is 13.1. The Labute approximate surface area is 188 Å². The lowest BCUT2D eigenvalue weighted by Crippen LogP contribution is -2.13. The van der Waals surface area contributed by atoms with Crippen molar-refractivity contribution in [2.45, 2.75) is 0 Å². The van der Waals surface area contributed by atoms with Crippen LogP contribution in [0.1, 0.15) is 10.4 Å². The molecule has 3 aromatic carbocycles. The van der Waals surface area contributed by atoms with Gasteiger partial charge in [0.1, 0.15) is 11.6 Å². The Morgan fingerprint density at radius 2 is 1.84 bits per heavy atom. The number of hydrogen-bond acceptors (Lipinski definition) is 6. The van der Waals surface area contributed by atoms with Gasteiger partial charge in [-0.1, -0.05) is 35.9 Å². The Balaban J connectivity index is 1.47. The molecule has 0 bridgehead atoms. The number of rotatable bonds is 5. The Bertz CT molecular complexity index is 1340. The van der Waals surface area contributed by atoms with Gasteiger partial charge in [0, 0.05) is 34.4 Å². The van der Waals surface area contributed by atoms with Gasteiger partial charge in [-0.15, -0.1) is 0 Å². The highest BCUT2D eigenvalue weighted by atomic mass is 35.5. The molecule has 0 aliphatic carbocycles. The van der Waals surface area contributed by atoms with Gasteiger partial charge < -0.3 is 24.8 Å². The van der Waals surface area contributed by atoms with E-state index in [1.807, 2.05) is 30.3 Å². The van der Waals surface area contributed by atoms with Crippen LogP contribution in [-0.4, -0.2) is 24.8 Å². The number of nitrogens with zero attached hydrogens (tertiary/aromatic N) is 1. The van der Waals surface area contributed by atoms with Gasteiger partial charge in [-0.2, -0.15) is 0 Å². The highest BCUT2D eigenvalue weighted by Crippen LogP contribution is 2.35. The van der Waals surface area contributed by atoms with Crippen LogP contribution in [0.25, 0.3) is 10.8 Å². The maximum atomic E-state index is 13.1. The second kappa shape index (κ2) is 8.28. The first kappa shape index (κ1) is 20.0. The molecule has 1 amide bonds. The summed E-state index contributed by atoms with van der Waals surface area (Å²) in [5.74, 6) is 2.17. The van der Waals surface area contributed by atoms with Crippen LogP contribution in [0.4, 0.5) is 17.2 Å². The lowest BCUT2D eigenvalue weighted by atomic mass is 10.1. The molecular formula is C24H18ClN3O4. The van der Waals surface area contributed by atoms with E-state index in [4.69, 9.17) is 25.8 Å². The van der Waals surface area contributed by atoms with Gasteiger partial charge in [-0.25, -0.2) is 4.98 Å². The van der Waals surface area contributed by atoms with Gasteiger partial charge in [0.15, 0.2) is 11.5 Å². The van der Waals surface area contributed by atoms with E-state index in [0.29, 0.717) is 45.0 Å². The fourth-order valence-corrected chi connectivity index (χ4v) is 3.70. The standard InChI is InChI=1S/C24H18ClN3O4/c1-30-21-10-14(25)6-8-19(21)28-23-17-5-3-2-4-16(17)18(12-26-23)24(29)27-15-7-9-20-22(11-15)32-13-31-20/h2-12H,13H2,1H3,(H,26,28)(H,27,29). The van der Waals surface area contributed by atoms with Gasteiger partial charge in [-0.3, -0.25) is 4.79 Å². The summed E-state index contributed by atoms with van der Waals surface area (Å²) < 4.78 is 16.1. The van der Waals surface area contributed by atoms with Crippen molar-refractivity contribution in [1.82, 2.24) is 4.98 Å². The third-order valence-electron chi connectivity index (χ3n) is 5.09. The number of pyridine rings is 1. The smallest absolute Gasteiger partial charge is 0.257 e. The zero-order chi connectivity index (χ0) is 22.1. The van der Waals surface area contributed by atoms with Crippen molar-refractivity contribution in [3.63, 3.8) is 0 Å². The predicted molar refractivity (Wildman–Crippen MR) is 124 cm³/mol. The van der Waals surface area contributed by atoms with Crippen LogP contribution in [0.5, 0.6) is 17.2 Å². The molecule has 160 valence electrons. The minimum atomic E-state index is -0.275.